The highest BCUT2D eigenvalue weighted by molar-refractivity contribution is 6.46. The molecule has 0 aromatic heterocycles. The zero-order valence-electron chi connectivity index (χ0n) is 11.8. The van der Waals surface area contributed by atoms with Crippen molar-refractivity contribution >= 4 is 40.8 Å². The van der Waals surface area contributed by atoms with E-state index in [-0.39, 0.29) is 5.71 Å². The topological polar surface area (TPSA) is 88.1 Å². The van der Waals surface area contributed by atoms with E-state index in [2.05, 4.69) is 15.3 Å². The number of rotatable bonds is 2. The summed E-state index contributed by atoms with van der Waals surface area (Å²) in [6, 6.07) is 4.05. The molecule has 0 saturated carbocycles. The minimum absolute atomic E-state index is 0.0898. The number of esters is 1. The molecule has 0 aliphatic carbocycles. The van der Waals surface area contributed by atoms with Crippen LogP contribution in [0.3, 0.4) is 0 Å². The van der Waals surface area contributed by atoms with Gasteiger partial charge in [0.1, 0.15) is 12.0 Å². The number of imide groups is 1. The van der Waals surface area contributed by atoms with Gasteiger partial charge in [-0.1, -0.05) is 17.7 Å². The molecule has 114 valence electrons. The molecule has 2 aliphatic rings. The summed E-state index contributed by atoms with van der Waals surface area (Å²) in [6.07, 6.45) is 0. The quantitative estimate of drug-likeness (QED) is 0.638. The van der Waals surface area contributed by atoms with Crippen LogP contribution in [0.4, 0.5) is 5.69 Å². The van der Waals surface area contributed by atoms with E-state index in [0.29, 0.717) is 10.7 Å². The predicted octanol–water partition coefficient (Wildman–Crippen LogP) is 0.639. The second-order valence-electron chi connectivity index (χ2n) is 5.02. The van der Waals surface area contributed by atoms with Crippen molar-refractivity contribution in [2.24, 2.45) is 11.0 Å². The Hall–Kier alpha value is -2.41. The van der Waals surface area contributed by atoms with Crippen molar-refractivity contribution in [3.8, 4) is 0 Å². The molecule has 2 atom stereocenters. The third kappa shape index (κ3) is 1.97. The highest BCUT2D eigenvalue weighted by Crippen LogP contribution is 2.33. The second-order valence-corrected chi connectivity index (χ2v) is 5.45. The number of nitrogens with one attached hydrogen (secondary N) is 1. The summed E-state index contributed by atoms with van der Waals surface area (Å²) in [5, 5.41) is 4.17. The maximum atomic E-state index is 12.6. The van der Waals surface area contributed by atoms with Gasteiger partial charge in [0, 0.05) is 5.02 Å². The summed E-state index contributed by atoms with van der Waals surface area (Å²) < 4.78 is 4.60. The minimum Gasteiger partial charge on any atom is -0.464 e. The first-order chi connectivity index (χ1) is 10.5. The van der Waals surface area contributed by atoms with Gasteiger partial charge in [-0.05, 0) is 24.6 Å². The number of nitrogens with zero attached hydrogens (tertiary/aromatic N) is 2. The van der Waals surface area contributed by atoms with Crippen LogP contribution in [-0.4, -0.2) is 36.6 Å². The number of hydrogen-bond acceptors (Lipinski definition) is 6. The lowest BCUT2D eigenvalue weighted by molar-refractivity contribution is -0.133. The van der Waals surface area contributed by atoms with Gasteiger partial charge in [0.2, 0.25) is 5.91 Å². The number of hydrogen-bond donors (Lipinski definition) is 1. The maximum Gasteiger partial charge on any atom is 0.355 e. The Morgan fingerprint density at radius 3 is 2.77 bits per heavy atom. The number of halogens is 1. The number of hydrazone groups is 1. The van der Waals surface area contributed by atoms with Gasteiger partial charge in [0.05, 0.1) is 12.8 Å². The van der Waals surface area contributed by atoms with Crippen LogP contribution in [0.5, 0.6) is 0 Å². The number of fused-ring (bicyclic) bond motifs is 1. The van der Waals surface area contributed by atoms with Gasteiger partial charge in [0.25, 0.3) is 5.91 Å². The van der Waals surface area contributed by atoms with Crippen LogP contribution in [0.1, 0.15) is 5.56 Å². The number of benzene rings is 1. The van der Waals surface area contributed by atoms with Crippen LogP contribution in [-0.2, 0) is 19.1 Å². The van der Waals surface area contributed by atoms with Gasteiger partial charge in [0.15, 0.2) is 5.71 Å². The van der Waals surface area contributed by atoms with Crippen LogP contribution >= 0.6 is 11.6 Å². The van der Waals surface area contributed by atoms with Crippen molar-refractivity contribution < 1.29 is 19.1 Å². The monoisotopic (exact) mass is 321 g/mol. The molecule has 0 radical (unpaired) electrons. The van der Waals surface area contributed by atoms with Crippen LogP contribution < -0.4 is 10.3 Å². The van der Waals surface area contributed by atoms with E-state index < -0.39 is 29.7 Å². The van der Waals surface area contributed by atoms with E-state index in [4.69, 9.17) is 11.6 Å². The minimum atomic E-state index is -0.974. The molecule has 1 fully saturated rings. The van der Waals surface area contributed by atoms with Crippen molar-refractivity contribution in [3.63, 3.8) is 0 Å². The number of carbonyl (C=O) groups is 3. The van der Waals surface area contributed by atoms with Gasteiger partial charge in [-0.25, -0.2) is 9.69 Å². The summed E-state index contributed by atoms with van der Waals surface area (Å²) in [5.41, 5.74) is 3.58. The Labute approximate surface area is 130 Å². The molecule has 22 heavy (non-hydrogen) atoms. The highest BCUT2D eigenvalue weighted by atomic mass is 35.5. The van der Waals surface area contributed by atoms with Crippen LogP contribution in [0.2, 0.25) is 5.02 Å². The van der Waals surface area contributed by atoms with Gasteiger partial charge in [-0.2, -0.15) is 5.10 Å². The number of ether oxygens (including phenoxy) is 1. The molecule has 1 aromatic rings. The van der Waals surface area contributed by atoms with Gasteiger partial charge in [-0.15, -0.1) is 0 Å². The molecular weight excluding hydrogens is 310 g/mol. The molecule has 1 saturated heterocycles. The Balaban J connectivity index is 2.02. The fraction of sp³-hybridized carbons (Fsp3) is 0.286. The number of aryl methyl sites for hydroxylation is 1. The first kappa shape index (κ1) is 14.5. The lowest BCUT2D eigenvalue weighted by Gasteiger charge is -2.18. The average Bonchev–Trinajstić information content (AvgIpc) is 3.03. The number of methoxy groups -OCH3 is 1. The Morgan fingerprint density at radius 2 is 2.09 bits per heavy atom. The van der Waals surface area contributed by atoms with Crippen LogP contribution in [0.15, 0.2) is 23.3 Å². The molecule has 0 spiro atoms. The van der Waals surface area contributed by atoms with Crippen molar-refractivity contribution in [2.75, 3.05) is 12.0 Å². The number of amides is 2. The molecule has 2 heterocycles. The first-order valence-corrected chi connectivity index (χ1v) is 6.89. The standard InChI is InChI=1S/C14H12ClN3O4/c1-6-3-4-7(15)5-8(6)18-12(19)9-10(13(18)20)16-17-11(9)14(21)22-2/h3-5,9-10,16H,1-2H3/t9-,10-/m0/s1. The van der Waals surface area contributed by atoms with E-state index in [0.717, 1.165) is 10.5 Å². The van der Waals surface area contributed by atoms with Gasteiger partial charge in [-0.3, -0.25) is 15.0 Å². The first-order valence-electron chi connectivity index (χ1n) is 6.51. The number of carbonyl (C=O) groups excluding carboxylic acids is 3. The molecule has 7 nitrogen and oxygen atoms in total. The Kier molecular flexibility index (Phi) is 3.37. The number of anilines is 1. The average molecular weight is 322 g/mol. The molecule has 2 aliphatic heterocycles. The summed E-state index contributed by atoms with van der Waals surface area (Å²) in [5.74, 6) is -2.69. The van der Waals surface area contributed by atoms with Crippen molar-refractivity contribution in [1.82, 2.24) is 5.43 Å². The summed E-state index contributed by atoms with van der Waals surface area (Å²) in [6.45, 7) is 1.77. The fourth-order valence-corrected chi connectivity index (χ4v) is 2.79. The fourth-order valence-electron chi connectivity index (χ4n) is 2.62. The van der Waals surface area contributed by atoms with Gasteiger partial charge < -0.3 is 4.74 Å². The predicted molar refractivity (Wildman–Crippen MR) is 78.5 cm³/mol. The smallest absolute Gasteiger partial charge is 0.355 e. The zero-order valence-corrected chi connectivity index (χ0v) is 12.5. The summed E-state index contributed by atoms with van der Waals surface area (Å²) in [4.78, 5) is 37.8. The summed E-state index contributed by atoms with van der Waals surface area (Å²) >= 11 is 5.95. The third-order valence-electron chi connectivity index (χ3n) is 3.73. The lowest BCUT2D eigenvalue weighted by atomic mass is 9.99. The SMILES string of the molecule is COC(=O)C1=NN[C@@H]2C(=O)N(c3cc(Cl)ccc3C)C(=O)[C@H]12. The highest BCUT2D eigenvalue weighted by Gasteiger charge is 2.55. The van der Waals surface area contributed by atoms with E-state index in [1.165, 1.54) is 7.11 Å². The Morgan fingerprint density at radius 1 is 1.36 bits per heavy atom. The van der Waals surface area contributed by atoms with Crippen molar-refractivity contribution in [2.45, 2.75) is 13.0 Å². The van der Waals surface area contributed by atoms with Crippen molar-refractivity contribution in [3.05, 3.63) is 28.8 Å². The second kappa shape index (κ2) is 5.10. The molecule has 1 N–H and O–H groups in total. The van der Waals surface area contributed by atoms with E-state index in [1.807, 2.05) is 0 Å². The van der Waals surface area contributed by atoms with E-state index in [1.54, 1.807) is 25.1 Å². The molecule has 0 bridgehead atoms. The van der Waals surface area contributed by atoms with E-state index >= 15 is 0 Å². The van der Waals surface area contributed by atoms with E-state index in [9.17, 15) is 14.4 Å². The maximum absolute atomic E-state index is 12.6. The summed E-state index contributed by atoms with van der Waals surface area (Å²) in [7, 11) is 1.19. The molecule has 2 amide bonds. The largest absolute Gasteiger partial charge is 0.464 e. The lowest BCUT2D eigenvalue weighted by Crippen LogP contribution is -2.36. The van der Waals surface area contributed by atoms with Crippen LogP contribution in [0, 0.1) is 12.8 Å². The molecule has 8 heteroatoms. The molecule has 3 rings (SSSR count). The molecule has 1 aromatic carbocycles. The van der Waals surface area contributed by atoms with Crippen molar-refractivity contribution in [1.29, 1.82) is 0 Å². The normalized spacial score (nSPS) is 23.2. The third-order valence-corrected chi connectivity index (χ3v) is 3.97. The van der Waals surface area contributed by atoms with Gasteiger partial charge >= 0.3 is 5.97 Å². The van der Waals surface area contributed by atoms with Crippen LogP contribution in [0.25, 0.3) is 0 Å². The molecular formula is C14H12ClN3O4. The Bertz CT molecular complexity index is 731. The zero-order chi connectivity index (χ0) is 16.0. The molecule has 0 unspecified atom stereocenters.